The van der Waals surface area contributed by atoms with Gasteiger partial charge in [0.2, 0.25) is 0 Å². The summed E-state index contributed by atoms with van der Waals surface area (Å²) in [6.45, 7) is 0.552. The molecule has 0 atom stereocenters. The summed E-state index contributed by atoms with van der Waals surface area (Å²) in [4.78, 5) is 0. The summed E-state index contributed by atoms with van der Waals surface area (Å²) in [5.74, 6) is 0.880. The van der Waals surface area contributed by atoms with E-state index >= 15 is 0 Å². The van der Waals surface area contributed by atoms with Gasteiger partial charge in [0, 0.05) is 13.1 Å². The zero-order valence-corrected chi connectivity index (χ0v) is 9.09. The van der Waals surface area contributed by atoms with Crippen LogP contribution in [0.3, 0.4) is 0 Å². The van der Waals surface area contributed by atoms with Crippen molar-refractivity contribution in [3.05, 3.63) is 12.2 Å². The van der Waals surface area contributed by atoms with E-state index in [9.17, 15) is 0 Å². The zero-order chi connectivity index (χ0) is 10.7. The molecule has 0 aliphatic heterocycles. The van der Waals surface area contributed by atoms with E-state index < -0.39 is 0 Å². The lowest BCUT2D eigenvalue weighted by Crippen LogP contribution is -2.30. The molecule has 84 valence electrons. The monoisotopic (exact) mass is 210 g/mol. The number of hydrogen-bond acceptors (Lipinski definition) is 4. The van der Waals surface area contributed by atoms with Crippen LogP contribution in [0.4, 0.5) is 0 Å². The molecule has 0 saturated heterocycles. The Morgan fingerprint density at radius 1 is 1.47 bits per heavy atom. The molecular weight excluding hydrogens is 192 g/mol. The Morgan fingerprint density at radius 2 is 2.20 bits per heavy atom. The van der Waals surface area contributed by atoms with E-state index in [1.165, 1.54) is 0 Å². The van der Waals surface area contributed by atoms with Gasteiger partial charge in [-0.2, -0.15) is 0 Å². The largest absolute Gasteiger partial charge is 0.370 e. The van der Waals surface area contributed by atoms with Gasteiger partial charge in [0.1, 0.15) is 12.9 Å². The van der Waals surface area contributed by atoms with Crippen LogP contribution in [-0.4, -0.2) is 26.9 Å². The Hall–Kier alpha value is -0.940. The van der Waals surface area contributed by atoms with Crippen LogP contribution in [0.5, 0.6) is 0 Å². The van der Waals surface area contributed by atoms with Gasteiger partial charge in [0.15, 0.2) is 5.82 Å². The zero-order valence-electron chi connectivity index (χ0n) is 9.09. The highest BCUT2D eigenvalue weighted by Gasteiger charge is 2.19. The maximum atomic E-state index is 5.83. The molecule has 1 aromatic heterocycles. The van der Waals surface area contributed by atoms with Crippen molar-refractivity contribution in [3.8, 4) is 0 Å². The fraction of sp³-hybridized carbons (Fsp3) is 0.800. The maximum absolute atomic E-state index is 5.83. The van der Waals surface area contributed by atoms with E-state index in [1.807, 2.05) is 11.6 Å². The summed E-state index contributed by atoms with van der Waals surface area (Å²) in [6, 6.07) is 0.375. The van der Waals surface area contributed by atoms with Gasteiger partial charge in [-0.1, -0.05) is 0 Å². The van der Waals surface area contributed by atoms with Crippen LogP contribution >= 0.6 is 0 Å². The standard InChI is InChI=1S/C10H18N4O/c1-14-7-12-13-10(14)6-15-9-4-2-8(11)3-5-9/h7-9H,2-6,11H2,1H3. The highest BCUT2D eigenvalue weighted by atomic mass is 16.5. The second-order valence-corrected chi connectivity index (χ2v) is 4.21. The van der Waals surface area contributed by atoms with Crippen molar-refractivity contribution >= 4 is 0 Å². The smallest absolute Gasteiger partial charge is 0.158 e. The average molecular weight is 210 g/mol. The first kappa shape index (κ1) is 10.6. The van der Waals surface area contributed by atoms with Crippen LogP contribution in [0, 0.1) is 0 Å². The normalized spacial score (nSPS) is 26.8. The van der Waals surface area contributed by atoms with Crippen LogP contribution in [0.25, 0.3) is 0 Å². The molecule has 2 N–H and O–H groups in total. The molecule has 2 rings (SSSR count). The predicted molar refractivity (Wildman–Crippen MR) is 56.0 cm³/mol. The van der Waals surface area contributed by atoms with Crippen molar-refractivity contribution in [3.63, 3.8) is 0 Å². The highest BCUT2D eigenvalue weighted by Crippen LogP contribution is 2.20. The number of rotatable bonds is 3. The molecule has 1 heterocycles. The Bertz CT molecular complexity index is 304. The quantitative estimate of drug-likeness (QED) is 0.793. The number of hydrogen-bond donors (Lipinski definition) is 1. The number of aryl methyl sites for hydroxylation is 1. The molecule has 1 fully saturated rings. The van der Waals surface area contributed by atoms with Gasteiger partial charge < -0.3 is 15.0 Å². The van der Waals surface area contributed by atoms with E-state index in [0.29, 0.717) is 18.8 Å². The Labute approximate surface area is 89.6 Å². The molecule has 0 bridgehead atoms. The van der Waals surface area contributed by atoms with E-state index in [2.05, 4.69) is 10.2 Å². The predicted octanol–water partition coefficient (Wildman–Crippen LogP) is 0.602. The summed E-state index contributed by atoms with van der Waals surface area (Å²) in [7, 11) is 1.93. The van der Waals surface area contributed by atoms with Crippen LogP contribution in [0.15, 0.2) is 6.33 Å². The van der Waals surface area contributed by atoms with Crippen molar-refractivity contribution in [2.45, 2.75) is 44.4 Å². The van der Waals surface area contributed by atoms with Gasteiger partial charge in [-0.05, 0) is 25.7 Å². The van der Waals surface area contributed by atoms with Crippen LogP contribution in [0.2, 0.25) is 0 Å². The third-order valence-electron chi connectivity index (χ3n) is 2.97. The van der Waals surface area contributed by atoms with E-state index in [4.69, 9.17) is 10.5 Å². The Balaban J connectivity index is 1.77. The molecule has 1 aromatic rings. The third kappa shape index (κ3) is 2.76. The molecule has 5 heteroatoms. The first-order valence-electron chi connectivity index (χ1n) is 5.46. The molecule has 0 radical (unpaired) electrons. The van der Waals surface area contributed by atoms with Gasteiger partial charge in [-0.15, -0.1) is 10.2 Å². The van der Waals surface area contributed by atoms with Crippen LogP contribution < -0.4 is 5.73 Å². The summed E-state index contributed by atoms with van der Waals surface area (Å²) < 4.78 is 7.66. The first-order chi connectivity index (χ1) is 7.25. The summed E-state index contributed by atoms with van der Waals surface area (Å²) in [5, 5.41) is 7.79. The Kier molecular flexibility index (Phi) is 3.33. The van der Waals surface area contributed by atoms with Gasteiger partial charge in [0.25, 0.3) is 0 Å². The van der Waals surface area contributed by atoms with Crippen molar-refractivity contribution in [2.75, 3.05) is 0 Å². The minimum absolute atomic E-state index is 0.349. The van der Waals surface area contributed by atoms with Crippen LogP contribution in [-0.2, 0) is 18.4 Å². The lowest BCUT2D eigenvalue weighted by Gasteiger charge is -2.25. The minimum Gasteiger partial charge on any atom is -0.370 e. The molecule has 0 unspecified atom stereocenters. The van der Waals surface area contributed by atoms with Crippen molar-refractivity contribution in [2.24, 2.45) is 12.8 Å². The number of nitrogens with two attached hydrogens (primary N) is 1. The fourth-order valence-electron chi connectivity index (χ4n) is 1.89. The molecule has 1 aliphatic carbocycles. The number of ether oxygens (including phenoxy) is 1. The second kappa shape index (κ2) is 4.72. The minimum atomic E-state index is 0.349. The van der Waals surface area contributed by atoms with Gasteiger partial charge in [0.05, 0.1) is 6.10 Å². The summed E-state index contributed by atoms with van der Waals surface area (Å²) >= 11 is 0. The first-order valence-corrected chi connectivity index (χ1v) is 5.46. The van der Waals surface area contributed by atoms with Gasteiger partial charge in [-0.3, -0.25) is 0 Å². The average Bonchev–Trinajstić information content (AvgIpc) is 2.63. The van der Waals surface area contributed by atoms with E-state index in [1.54, 1.807) is 6.33 Å². The molecule has 0 aromatic carbocycles. The van der Waals surface area contributed by atoms with Crippen LogP contribution in [0.1, 0.15) is 31.5 Å². The molecule has 5 nitrogen and oxygen atoms in total. The lowest BCUT2D eigenvalue weighted by molar-refractivity contribution is 0.00948. The maximum Gasteiger partial charge on any atom is 0.158 e. The fourth-order valence-corrected chi connectivity index (χ4v) is 1.89. The second-order valence-electron chi connectivity index (χ2n) is 4.21. The molecule has 0 amide bonds. The molecule has 1 aliphatic rings. The number of nitrogens with zero attached hydrogens (tertiary/aromatic N) is 3. The number of aromatic nitrogens is 3. The Morgan fingerprint density at radius 3 is 2.80 bits per heavy atom. The van der Waals surface area contributed by atoms with Crippen molar-refractivity contribution in [1.82, 2.24) is 14.8 Å². The molecule has 0 spiro atoms. The molecule has 15 heavy (non-hydrogen) atoms. The summed E-state index contributed by atoms with van der Waals surface area (Å²) in [6.07, 6.45) is 6.32. The van der Waals surface area contributed by atoms with Gasteiger partial charge in [-0.25, -0.2) is 0 Å². The lowest BCUT2D eigenvalue weighted by atomic mass is 9.94. The topological polar surface area (TPSA) is 66.0 Å². The highest BCUT2D eigenvalue weighted by molar-refractivity contribution is 4.82. The molecule has 1 saturated carbocycles. The van der Waals surface area contributed by atoms with E-state index in [-0.39, 0.29) is 0 Å². The van der Waals surface area contributed by atoms with Gasteiger partial charge >= 0.3 is 0 Å². The molecular formula is C10H18N4O. The van der Waals surface area contributed by atoms with Crippen molar-refractivity contribution < 1.29 is 4.74 Å². The third-order valence-corrected chi connectivity index (χ3v) is 2.97. The van der Waals surface area contributed by atoms with Crippen molar-refractivity contribution in [1.29, 1.82) is 0 Å². The SMILES string of the molecule is Cn1cnnc1COC1CCC(N)CC1. The summed E-state index contributed by atoms with van der Waals surface area (Å²) in [5.41, 5.74) is 5.83. The van der Waals surface area contributed by atoms with E-state index in [0.717, 1.165) is 31.5 Å².